The number of benzene rings is 2. The van der Waals surface area contributed by atoms with Crippen molar-refractivity contribution < 1.29 is 14.3 Å². The first-order valence-corrected chi connectivity index (χ1v) is 8.94. The van der Waals surface area contributed by atoms with Gasteiger partial charge in [-0.1, -0.05) is 24.3 Å². The second-order valence-corrected chi connectivity index (χ2v) is 6.65. The Labute approximate surface area is 154 Å². The standard InChI is InChI=1S/C21H24N2O3/c1-15-7-3-4-10-19(15)26-14-16(2)22-21(25)17-8-5-9-18(13-17)23-12-6-11-20(23)24/h3-5,7-10,13,16H,6,11-12,14H2,1-2H3,(H,22,25)/t16-/m0/s1. The van der Waals surface area contributed by atoms with Crippen molar-refractivity contribution in [3.8, 4) is 5.75 Å². The lowest BCUT2D eigenvalue weighted by Gasteiger charge is -2.18. The summed E-state index contributed by atoms with van der Waals surface area (Å²) in [6.07, 6.45) is 1.44. The maximum Gasteiger partial charge on any atom is 0.251 e. The van der Waals surface area contributed by atoms with E-state index in [-0.39, 0.29) is 17.9 Å². The summed E-state index contributed by atoms with van der Waals surface area (Å²) in [5.74, 6) is 0.769. The van der Waals surface area contributed by atoms with Gasteiger partial charge in [0.2, 0.25) is 5.91 Å². The number of nitrogens with one attached hydrogen (secondary N) is 1. The number of amides is 2. The van der Waals surface area contributed by atoms with Gasteiger partial charge in [0.1, 0.15) is 12.4 Å². The zero-order chi connectivity index (χ0) is 18.5. The van der Waals surface area contributed by atoms with Crippen LogP contribution in [-0.2, 0) is 4.79 Å². The zero-order valence-corrected chi connectivity index (χ0v) is 15.2. The molecule has 0 saturated carbocycles. The molecule has 0 aliphatic carbocycles. The Bertz CT molecular complexity index is 803. The fourth-order valence-corrected chi connectivity index (χ4v) is 3.02. The molecule has 0 aromatic heterocycles. The van der Waals surface area contributed by atoms with Crippen LogP contribution in [0, 0.1) is 6.92 Å². The molecule has 2 amide bonds. The topological polar surface area (TPSA) is 58.6 Å². The summed E-state index contributed by atoms with van der Waals surface area (Å²) in [6, 6.07) is 14.9. The minimum Gasteiger partial charge on any atom is -0.491 e. The van der Waals surface area contributed by atoms with Crippen LogP contribution in [0.25, 0.3) is 0 Å². The largest absolute Gasteiger partial charge is 0.491 e. The molecule has 0 bridgehead atoms. The second kappa shape index (κ2) is 8.04. The van der Waals surface area contributed by atoms with E-state index in [9.17, 15) is 9.59 Å². The van der Waals surface area contributed by atoms with Gasteiger partial charge >= 0.3 is 0 Å². The summed E-state index contributed by atoms with van der Waals surface area (Å²) in [7, 11) is 0. The average Bonchev–Trinajstić information content (AvgIpc) is 3.07. The van der Waals surface area contributed by atoms with Gasteiger partial charge in [-0.15, -0.1) is 0 Å². The van der Waals surface area contributed by atoms with Crippen LogP contribution in [0.3, 0.4) is 0 Å². The fraction of sp³-hybridized carbons (Fsp3) is 0.333. The summed E-state index contributed by atoms with van der Waals surface area (Å²) in [5.41, 5.74) is 2.39. The highest BCUT2D eigenvalue weighted by atomic mass is 16.5. The number of para-hydroxylation sites is 1. The molecule has 1 saturated heterocycles. The first-order chi connectivity index (χ1) is 12.5. The van der Waals surface area contributed by atoms with Crippen molar-refractivity contribution in [1.29, 1.82) is 0 Å². The highest BCUT2D eigenvalue weighted by molar-refractivity contribution is 5.99. The second-order valence-electron chi connectivity index (χ2n) is 6.65. The van der Waals surface area contributed by atoms with Crippen LogP contribution in [0.1, 0.15) is 35.7 Å². The maximum absolute atomic E-state index is 12.5. The normalized spacial score (nSPS) is 15.0. The minimum absolute atomic E-state index is 0.113. The molecule has 0 spiro atoms. The number of anilines is 1. The lowest BCUT2D eigenvalue weighted by atomic mass is 10.1. The summed E-state index contributed by atoms with van der Waals surface area (Å²) >= 11 is 0. The van der Waals surface area contributed by atoms with Crippen LogP contribution in [0.4, 0.5) is 5.69 Å². The SMILES string of the molecule is Cc1ccccc1OC[C@H](C)NC(=O)c1cccc(N2CCCC2=O)c1. The van der Waals surface area contributed by atoms with E-state index in [4.69, 9.17) is 4.74 Å². The van der Waals surface area contributed by atoms with E-state index < -0.39 is 0 Å². The van der Waals surface area contributed by atoms with Crippen LogP contribution in [0.15, 0.2) is 48.5 Å². The number of nitrogens with zero attached hydrogens (tertiary/aromatic N) is 1. The highest BCUT2D eigenvalue weighted by Crippen LogP contribution is 2.22. The monoisotopic (exact) mass is 352 g/mol. The number of carbonyl (C=O) groups is 2. The number of rotatable bonds is 6. The van der Waals surface area contributed by atoms with E-state index in [0.717, 1.165) is 23.4 Å². The Balaban J connectivity index is 1.59. The summed E-state index contributed by atoms with van der Waals surface area (Å²) in [5, 5.41) is 2.95. The number of hydrogen-bond donors (Lipinski definition) is 1. The van der Waals surface area contributed by atoms with E-state index in [1.165, 1.54) is 0 Å². The molecule has 136 valence electrons. The molecule has 0 unspecified atom stereocenters. The average molecular weight is 352 g/mol. The molecule has 1 aliphatic heterocycles. The quantitative estimate of drug-likeness (QED) is 0.868. The molecule has 2 aromatic carbocycles. The van der Waals surface area contributed by atoms with Crippen LogP contribution >= 0.6 is 0 Å². The highest BCUT2D eigenvalue weighted by Gasteiger charge is 2.22. The van der Waals surface area contributed by atoms with E-state index >= 15 is 0 Å². The van der Waals surface area contributed by atoms with Crippen LogP contribution < -0.4 is 15.0 Å². The Morgan fingerprint density at radius 2 is 2.04 bits per heavy atom. The summed E-state index contributed by atoms with van der Waals surface area (Å²) in [4.78, 5) is 26.1. The molecular weight excluding hydrogens is 328 g/mol. The van der Waals surface area contributed by atoms with E-state index in [1.54, 1.807) is 17.0 Å². The predicted octanol–water partition coefficient (Wildman–Crippen LogP) is 3.32. The Kier molecular flexibility index (Phi) is 5.56. The van der Waals surface area contributed by atoms with Crippen molar-refractivity contribution in [3.05, 3.63) is 59.7 Å². The molecule has 26 heavy (non-hydrogen) atoms. The Hall–Kier alpha value is -2.82. The van der Waals surface area contributed by atoms with Crippen molar-refractivity contribution >= 4 is 17.5 Å². The fourth-order valence-electron chi connectivity index (χ4n) is 3.02. The number of hydrogen-bond acceptors (Lipinski definition) is 3. The molecule has 1 fully saturated rings. The molecule has 1 N–H and O–H groups in total. The zero-order valence-electron chi connectivity index (χ0n) is 15.2. The first-order valence-electron chi connectivity index (χ1n) is 8.94. The van der Waals surface area contributed by atoms with Crippen molar-refractivity contribution in [2.45, 2.75) is 32.7 Å². The van der Waals surface area contributed by atoms with Crippen LogP contribution in [-0.4, -0.2) is 31.0 Å². The van der Waals surface area contributed by atoms with Crippen molar-refractivity contribution in [2.24, 2.45) is 0 Å². The van der Waals surface area contributed by atoms with Crippen LogP contribution in [0.5, 0.6) is 5.75 Å². The minimum atomic E-state index is -0.167. The lowest BCUT2D eigenvalue weighted by Crippen LogP contribution is -2.37. The van der Waals surface area contributed by atoms with E-state index in [2.05, 4.69) is 5.32 Å². The number of ether oxygens (including phenoxy) is 1. The third-order valence-electron chi connectivity index (χ3n) is 4.45. The van der Waals surface area contributed by atoms with Crippen molar-refractivity contribution in [3.63, 3.8) is 0 Å². The molecule has 1 heterocycles. The molecule has 1 aliphatic rings. The molecular formula is C21H24N2O3. The maximum atomic E-state index is 12.5. The smallest absolute Gasteiger partial charge is 0.251 e. The van der Waals surface area contributed by atoms with Gasteiger partial charge in [0.05, 0.1) is 6.04 Å². The molecule has 0 radical (unpaired) electrons. The predicted molar refractivity (Wildman–Crippen MR) is 102 cm³/mol. The molecule has 5 heteroatoms. The number of carbonyl (C=O) groups excluding carboxylic acids is 2. The van der Waals surface area contributed by atoms with Gasteiger partial charge in [0, 0.05) is 24.2 Å². The number of aryl methyl sites for hydroxylation is 1. The van der Waals surface area contributed by atoms with Gasteiger partial charge in [-0.3, -0.25) is 9.59 Å². The van der Waals surface area contributed by atoms with Crippen molar-refractivity contribution in [2.75, 3.05) is 18.1 Å². The Morgan fingerprint density at radius 1 is 1.23 bits per heavy atom. The Morgan fingerprint density at radius 3 is 2.77 bits per heavy atom. The van der Waals surface area contributed by atoms with E-state index in [0.29, 0.717) is 25.1 Å². The van der Waals surface area contributed by atoms with Gasteiger partial charge < -0.3 is 15.0 Å². The van der Waals surface area contributed by atoms with Gasteiger partial charge in [-0.05, 0) is 50.1 Å². The third kappa shape index (κ3) is 4.23. The van der Waals surface area contributed by atoms with Gasteiger partial charge in [-0.2, -0.15) is 0 Å². The lowest BCUT2D eigenvalue weighted by molar-refractivity contribution is -0.117. The van der Waals surface area contributed by atoms with Gasteiger partial charge in [0.25, 0.3) is 5.91 Å². The molecule has 1 atom stereocenters. The van der Waals surface area contributed by atoms with Crippen molar-refractivity contribution in [1.82, 2.24) is 5.32 Å². The first kappa shape index (κ1) is 18.0. The third-order valence-corrected chi connectivity index (χ3v) is 4.45. The molecule has 5 nitrogen and oxygen atoms in total. The van der Waals surface area contributed by atoms with Crippen LogP contribution in [0.2, 0.25) is 0 Å². The van der Waals surface area contributed by atoms with E-state index in [1.807, 2.05) is 50.2 Å². The van der Waals surface area contributed by atoms with Gasteiger partial charge in [-0.25, -0.2) is 0 Å². The summed E-state index contributed by atoms with van der Waals surface area (Å²) in [6.45, 7) is 5.00. The summed E-state index contributed by atoms with van der Waals surface area (Å²) < 4.78 is 5.79. The molecule has 2 aromatic rings. The van der Waals surface area contributed by atoms with Gasteiger partial charge in [0.15, 0.2) is 0 Å². The molecule has 3 rings (SSSR count).